The van der Waals surface area contributed by atoms with Gasteiger partial charge in [0.15, 0.2) is 0 Å². The van der Waals surface area contributed by atoms with E-state index in [4.69, 9.17) is 16.4 Å². The van der Waals surface area contributed by atoms with E-state index < -0.39 is 0 Å². The third-order valence-electron chi connectivity index (χ3n) is 2.49. The lowest BCUT2D eigenvalue weighted by molar-refractivity contribution is 0.311. The highest BCUT2D eigenvalue weighted by Gasteiger charge is 2.02. The van der Waals surface area contributed by atoms with Crippen LogP contribution < -0.4 is 4.84 Å². The summed E-state index contributed by atoms with van der Waals surface area (Å²) in [4.78, 5) is 13.6. The maximum Gasteiger partial charge on any atom is 0.346 e. The van der Waals surface area contributed by atoms with Crippen LogP contribution in [0.25, 0.3) is 0 Å². The molecule has 0 unspecified atom stereocenters. The predicted molar refractivity (Wildman–Crippen MR) is 75.8 cm³/mol. The molecular formula is C14H14ClN3O. The largest absolute Gasteiger partial charge is 0.346 e. The minimum atomic E-state index is 0.255. The molecular weight excluding hydrogens is 262 g/mol. The third-order valence-corrected chi connectivity index (χ3v) is 2.74. The lowest BCUT2D eigenvalue weighted by Crippen LogP contribution is -2.01. The van der Waals surface area contributed by atoms with E-state index >= 15 is 0 Å². The van der Waals surface area contributed by atoms with Crippen LogP contribution in [0.15, 0.2) is 35.5 Å². The summed E-state index contributed by atoms with van der Waals surface area (Å²) in [6, 6.07) is 9.51. The zero-order chi connectivity index (χ0) is 13.8. The number of hydrogen-bond acceptors (Lipinski definition) is 4. The second-order valence-electron chi connectivity index (χ2n) is 4.21. The van der Waals surface area contributed by atoms with Crippen LogP contribution in [0.5, 0.6) is 6.01 Å². The highest BCUT2D eigenvalue weighted by Crippen LogP contribution is 2.11. The molecule has 0 aliphatic heterocycles. The van der Waals surface area contributed by atoms with Crippen molar-refractivity contribution in [2.45, 2.75) is 20.8 Å². The number of halogens is 1. The molecule has 0 saturated heterocycles. The van der Waals surface area contributed by atoms with E-state index in [9.17, 15) is 0 Å². The summed E-state index contributed by atoms with van der Waals surface area (Å²) >= 11 is 5.83. The topological polar surface area (TPSA) is 47.4 Å². The first-order valence-corrected chi connectivity index (χ1v) is 6.22. The van der Waals surface area contributed by atoms with Gasteiger partial charge in [0, 0.05) is 16.4 Å². The van der Waals surface area contributed by atoms with Crippen molar-refractivity contribution < 1.29 is 4.84 Å². The number of hydrogen-bond donors (Lipinski definition) is 0. The van der Waals surface area contributed by atoms with Gasteiger partial charge < -0.3 is 4.84 Å². The fourth-order valence-electron chi connectivity index (χ4n) is 1.59. The van der Waals surface area contributed by atoms with Crippen LogP contribution in [0, 0.1) is 13.8 Å². The highest BCUT2D eigenvalue weighted by atomic mass is 35.5. The molecule has 1 aromatic carbocycles. The normalized spacial score (nSPS) is 11.5. The minimum absolute atomic E-state index is 0.255. The molecule has 0 amide bonds. The lowest BCUT2D eigenvalue weighted by atomic mass is 10.1. The monoisotopic (exact) mass is 275 g/mol. The van der Waals surface area contributed by atoms with Gasteiger partial charge in [-0.15, -0.1) is 0 Å². The maximum absolute atomic E-state index is 5.83. The molecule has 4 nitrogen and oxygen atoms in total. The molecule has 0 radical (unpaired) electrons. The maximum atomic E-state index is 5.83. The summed E-state index contributed by atoms with van der Waals surface area (Å²) in [6.45, 7) is 5.63. The first-order chi connectivity index (χ1) is 9.04. The number of nitrogens with zero attached hydrogens (tertiary/aromatic N) is 3. The summed E-state index contributed by atoms with van der Waals surface area (Å²) in [6.07, 6.45) is 0. The van der Waals surface area contributed by atoms with Gasteiger partial charge in [0.2, 0.25) is 0 Å². The summed E-state index contributed by atoms with van der Waals surface area (Å²) in [5.74, 6) is 0. The molecule has 1 heterocycles. The van der Waals surface area contributed by atoms with Crippen molar-refractivity contribution in [2.24, 2.45) is 5.16 Å². The summed E-state index contributed by atoms with van der Waals surface area (Å²) in [5.41, 5.74) is 3.37. The number of rotatable bonds is 3. The molecule has 0 fully saturated rings. The van der Waals surface area contributed by atoms with Gasteiger partial charge in [-0.1, -0.05) is 28.9 Å². The molecule has 98 valence electrons. The smallest absolute Gasteiger partial charge is 0.315 e. The minimum Gasteiger partial charge on any atom is -0.315 e. The van der Waals surface area contributed by atoms with Gasteiger partial charge in [-0.25, -0.2) is 0 Å². The van der Waals surface area contributed by atoms with Crippen LogP contribution in [0.2, 0.25) is 5.02 Å². The molecule has 19 heavy (non-hydrogen) atoms. The number of benzene rings is 1. The van der Waals surface area contributed by atoms with Gasteiger partial charge in [0.25, 0.3) is 0 Å². The Bertz CT molecular complexity index is 588. The molecule has 0 spiro atoms. The fraction of sp³-hybridized carbons (Fsp3) is 0.214. The lowest BCUT2D eigenvalue weighted by Gasteiger charge is -2.02. The van der Waals surface area contributed by atoms with Gasteiger partial charge in [-0.2, -0.15) is 9.97 Å². The van der Waals surface area contributed by atoms with E-state index in [-0.39, 0.29) is 6.01 Å². The number of oxime groups is 1. The molecule has 0 aliphatic carbocycles. The van der Waals surface area contributed by atoms with E-state index in [1.807, 2.05) is 51.1 Å². The summed E-state index contributed by atoms with van der Waals surface area (Å²) in [5, 5.41) is 4.72. The van der Waals surface area contributed by atoms with Crippen LogP contribution in [-0.2, 0) is 0 Å². The van der Waals surface area contributed by atoms with Gasteiger partial charge in [-0.05, 0) is 44.5 Å². The van der Waals surface area contributed by atoms with E-state index in [1.54, 1.807) is 0 Å². The quantitative estimate of drug-likeness (QED) is 0.636. The zero-order valence-corrected chi connectivity index (χ0v) is 11.8. The summed E-state index contributed by atoms with van der Waals surface area (Å²) in [7, 11) is 0. The van der Waals surface area contributed by atoms with Crippen LogP contribution >= 0.6 is 11.6 Å². The van der Waals surface area contributed by atoms with Crippen molar-refractivity contribution in [1.82, 2.24) is 9.97 Å². The highest BCUT2D eigenvalue weighted by molar-refractivity contribution is 6.30. The average molecular weight is 276 g/mol. The average Bonchev–Trinajstić information content (AvgIpc) is 2.36. The molecule has 5 heteroatoms. The van der Waals surface area contributed by atoms with E-state index in [2.05, 4.69) is 15.1 Å². The molecule has 0 N–H and O–H groups in total. The van der Waals surface area contributed by atoms with Crippen molar-refractivity contribution in [1.29, 1.82) is 0 Å². The van der Waals surface area contributed by atoms with Crippen LogP contribution in [-0.4, -0.2) is 15.7 Å². The molecule has 0 atom stereocenters. The Morgan fingerprint density at radius 2 is 1.68 bits per heavy atom. The second-order valence-corrected chi connectivity index (χ2v) is 4.64. The summed E-state index contributed by atoms with van der Waals surface area (Å²) < 4.78 is 0. The van der Waals surface area contributed by atoms with Crippen LogP contribution in [0.1, 0.15) is 23.9 Å². The number of aromatic nitrogens is 2. The zero-order valence-electron chi connectivity index (χ0n) is 11.0. The first kappa shape index (κ1) is 13.5. The van der Waals surface area contributed by atoms with Crippen LogP contribution in [0.4, 0.5) is 0 Å². The van der Waals surface area contributed by atoms with Gasteiger partial charge in [-0.3, -0.25) is 0 Å². The van der Waals surface area contributed by atoms with E-state index in [1.165, 1.54) is 0 Å². The first-order valence-electron chi connectivity index (χ1n) is 5.84. The van der Waals surface area contributed by atoms with Crippen molar-refractivity contribution in [3.05, 3.63) is 52.3 Å². The van der Waals surface area contributed by atoms with Crippen molar-refractivity contribution in [3.8, 4) is 6.01 Å². The Hall–Kier alpha value is -1.94. The molecule has 0 bridgehead atoms. The Labute approximate surface area is 117 Å². The van der Waals surface area contributed by atoms with Crippen molar-refractivity contribution in [2.75, 3.05) is 0 Å². The third kappa shape index (κ3) is 3.76. The fourth-order valence-corrected chi connectivity index (χ4v) is 1.71. The molecule has 0 saturated carbocycles. The molecule has 2 rings (SSSR count). The Kier molecular flexibility index (Phi) is 4.12. The Balaban J connectivity index is 2.15. The van der Waals surface area contributed by atoms with Crippen molar-refractivity contribution >= 4 is 17.3 Å². The van der Waals surface area contributed by atoms with Gasteiger partial charge in [0.05, 0.1) is 5.71 Å². The second kappa shape index (κ2) is 5.80. The van der Waals surface area contributed by atoms with Gasteiger partial charge in [0.1, 0.15) is 0 Å². The van der Waals surface area contributed by atoms with Gasteiger partial charge >= 0.3 is 6.01 Å². The Morgan fingerprint density at radius 3 is 2.26 bits per heavy atom. The standard InChI is InChI=1S/C14H14ClN3O/c1-9-8-10(2)17-14(16-9)19-18-11(3)12-4-6-13(15)7-5-12/h4-8H,1-3H3/b18-11-. The number of aryl methyl sites for hydroxylation is 2. The van der Waals surface area contributed by atoms with Crippen molar-refractivity contribution in [3.63, 3.8) is 0 Å². The molecule has 1 aromatic heterocycles. The predicted octanol–water partition coefficient (Wildman–Crippen LogP) is 3.55. The SMILES string of the molecule is C/C(=N/Oc1nc(C)cc(C)n1)c1ccc(Cl)cc1. The Morgan fingerprint density at radius 1 is 1.11 bits per heavy atom. The molecule has 0 aliphatic rings. The molecule has 2 aromatic rings. The van der Waals surface area contributed by atoms with E-state index in [0.717, 1.165) is 22.7 Å². The van der Waals surface area contributed by atoms with Crippen LogP contribution in [0.3, 0.4) is 0 Å². The van der Waals surface area contributed by atoms with E-state index in [0.29, 0.717) is 5.02 Å².